The average molecular weight is 422 g/mol. The van der Waals surface area contributed by atoms with Crippen LogP contribution in [0, 0.1) is 0 Å². The highest BCUT2D eigenvalue weighted by Crippen LogP contribution is 2.35. The number of thiophene rings is 1. The van der Waals surface area contributed by atoms with E-state index in [1.807, 2.05) is 0 Å². The molecule has 0 amide bonds. The number of carboxylic acids is 1. The third-order valence-corrected chi connectivity index (χ3v) is 5.94. The van der Waals surface area contributed by atoms with E-state index in [4.69, 9.17) is 28.3 Å². The minimum atomic E-state index is -4.02. The van der Waals surface area contributed by atoms with Crippen LogP contribution in [-0.4, -0.2) is 30.4 Å². The first-order chi connectivity index (χ1) is 11.6. The molecule has 0 fully saturated rings. The summed E-state index contributed by atoms with van der Waals surface area (Å²) in [6.45, 7) is 0. The van der Waals surface area contributed by atoms with Crippen LogP contribution in [0.1, 0.15) is 5.56 Å². The van der Waals surface area contributed by atoms with Crippen molar-refractivity contribution in [1.82, 2.24) is 0 Å². The molecule has 2 aromatic rings. The molecule has 132 valence electrons. The van der Waals surface area contributed by atoms with Crippen molar-refractivity contribution < 1.29 is 28.2 Å². The number of nitrogens with one attached hydrogen (secondary N) is 1. The molecular weight excluding hydrogens is 413 g/mol. The van der Waals surface area contributed by atoms with Gasteiger partial charge in [-0.05, 0) is 18.2 Å². The summed E-state index contributed by atoms with van der Waals surface area (Å²) in [5.74, 6) is -3.67. The van der Waals surface area contributed by atoms with Crippen molar-refractivity contribution in [3.05, 3.63) is 50.6 Å². The van der Waals surface area contributed by atoms with Crippen molar-refractivity contribution in [3.8, 4) is 0 Å². The van der Waals surface area contributed by atoms with Crippen LogP contribution < -0.4 is 4.72 Å². The maximum absolute atomic E-state index is 12.3. The van der Waals surface area contributed by atoms with Gasteiger partial charge >= 0.3 is 5.97 Å². The Balaban J connectivity index is 2.32. The molecule has 0 saturated carbocycles. The summed E-state index contributed by atoms with van der Waals surface area (Å²) in [7, 11) is -4.02. The minimum absolute atomic E-state index is 0.0107. The van der Waals surface area contributed by atoms with E-state index in [1.165, 1.54) is 30.3 Å². The number of aliphatic carboxylic acids is 1. The number of carbonyl (C=O) groups is 2. The zero-order valence-electron chi connectivity index (χ0n) is 12.1. The van der Waals surface area contributed by atoms with Crippen LogP contribution in [0.3, 0.4) is 0 Å². The summed E-state index contributed by atoms with van der Waals surface area (Å²) in [6.07, 6.45) is 0.519. The first kappa shape index (κ1) is 19.3. The standard InChI is InChI=1S/C14H9Cl2NO6S2/c15-12-6-11(13(16)24-12)25(22,23)17-8-3-1-2-7(4-8)9(18)5-10(19)14(20)21/h1-6,17-18H,(H,20,21). The average Bonchev–Trinajstić information content (AvgIpc) is 2.86. The first-order valence-corrected chi connectivity index (χ1v) is 9.41. The first-order valence-electron chi connectivity index (χ1n) is 6.36. The number of carboxylic acid groups (broad SMARTS) is 1. The molecule has 0 spiro atoms. The topological polar surface area (TPSA) is 121 Å². The molecule has 2 rings (SSSR count). The van der Waals surface area contributed by atoms with Gasteiger partial charge in [-0.3, -0.25) is 9.52 Å². The van der Waals surface area contributed by atoms with Gasteiger partial charge in [-0.15, -0.1) is 11.3 Å². The zero-order valence-corrected chi connectivity index (χ0v) is 15.2. The van der Waals surface area contributed by atoms with E-state index in [1.54, 1.807) is 0 Å². The second-order valence-corrected chi connectivity index (χ2v) is 8.51. The Morgan fingerprint density at radius 2 is 1.84 bits per heavy atom. The number of anilines is 1. The Hall–Kier alpha value is -2.07. The summed E-state index contributed by atoms with van der Waals surface area (Å²) in [6, 6.07) is 6.59. The van der Waals surface area contributed by atoms with E-state index in [-0.39, 0.29) is 24.8 Å². The molecule has 0 aliphatic rings. The number of hydrogen-bond acceptors (Lipinski definition) is 6. The molecule has 0 atom stereocenters. The molecular formula is C14H9Cl2NO6S2. The van der Waals surface area contributed by atoms with Crippen LogP contribution in [0.2, 0.25) is 8.67 Å². The molecule has 0 radical (unpaired) electrons. The molecule has 1 heterocycles. The third kappa shape index (κ3) is 4.73. The lowest BCUT2D eigenvalue weighted by molar-refractivity contribution is -0.146. The number of hydrogen-bond donors (Lipinski definition) is 3. The SMILES string of the molecule is O=C(O)C(=O)C=C(O)c1cccc(NS(=O)(=O)c2cc(Cl)sc2Cl)c1. The lowest BCUT2D eigenvalue weighted by Crippen LogP contribution is -2.12. The minimum Gasteiger partial charge on any atom is -0.507 e. The molecule has 0 unspecified atom stereocenters. The Bertz CT molecular complexity index is 981. The predicted octanol–water partition coefficient (Wildman–Crippen LogP) is 3.41. The number of aliphatic hydroxyl groups is 1. The van der Waals surface area contributed by atoms with Gasteiger partial charge in [-0.2, -0.15) is 0 Å². The smallest absolute Gasteiger partial charge is 0.376 e. The van der Waals surface area contributed by atoms with E-state index in [9.17, 15) is 23.1 Å². The fourth-order valence-corrected chi connectivity index (χ4v) is 4.93. The summed E-state index contributed by atoms with van der Waals surface area (Å²) >= 11 is 12.5. The van der Waals surface area contributed by atoms with E-state index in [0.717, 1.165) is 11.3 Å². The molecule has 1 aromatic carbocycles. The summed E-state index contributed by atoms with van der Waals surface area (Å²) in [4.78, 5) is 21.4. The molecule has 3 N–H and O–H groups in total. The lowest BCUT2D eigenvalue weighted by atomic mass is 10.1. The molecule has 0 bridgehead atoms. The summed E-state index contributed by atoms with van der Waals surface area (Å²) in [5.41, 5.74) is 0.114. The van der Waals surface area contributed by atoms with Crippen LogP contribution in [0.5, 0.6) is 0 Å². The van der Waals surface area contributed by atoms with Gasteiger partial charge in [-0.25, -0.2) is 13.2 Å². The van der Waals surface area contributed by atoms with Crippen LogP contribution in [-0.2, 0) is 19.6 Å². The predicted molar refractivity (Wildman–Crippen MR) is 94.8 cm³/mol. The molecule has 0 aliphatic heterocycles. The zero-order chi connectivity index (χ0) is 18.8. The van der Waals surface area contributed by atoms with Crippen molar-refractivity contribution in [2.75, 3.05) is 4.72 Å². The van der Waals surface area contributed by atoms with Gasteiger partial charge in [-0.1, -0.05) is 35.3 Å². The van der Waals surface area contributed by atoms with Crippen LogP contribution in [0.25, 0.3) is 5.76 Å². The Morgan fingerprint density at radius 1 is 1.16 bits per heavy atom. The molecule has 7 nitrogen and oxygen atoms in total. The second-order valence-electron chi connectivity index (χ2n) is 4.57. The van der Waals surface area contributed by atoms with Gasteiger partial charge in [0.05, 0.1) is 4.34 Å². The summed E-state index contributed by atoms with van der Waals surface area (Å²) < 4.78 is 27.1. The third-order valence-electron chi connectivity index (χ3n) is 2.80. The largest absolute Gasteiger partial charge is 0.507 e. The summed E-state index contributed by atoms with van der Waals surface area (Å²) in [5, 5.41) is 18.3. The Labute approximate surface area is 156 Å². The van der Waals surface area contributed by atoms with Gasteiger partial charge < -0.3 is 10.2 Å². The van der Waals surface area contributed by atoms with Crippen molar-refractivity contribution in [2.45, 2.75) is 4.90 Å². The van der Waals surface area contributed by atoms with Gasteiger partial charge in [0.15, 0.2) is 0 Å². The normalized spacial score (nSPS) is 12.0. The lowest BCUT2D eigenvalue weighted by Gasteiger charge is -2.08. The number of benzene rings is 1. The number of aliphatic hydroxyl groups excluding tert-OH is 1. The molecule has 0 aliphatic carbocycles. The van der Waals surface area contributed by atoms with E-state index < -0.39 is 27.5 Å². The van der Waals surface area contributed by atoms with E-state index in [0.29, 0.717) is 6.08 Å². The van der Waals surface area contributed by atoms with Gasteiger partial charge in [0.2, 0.25) is 0 Å². The number of rotatable bonds is 6. The number of halogens is 2. The number of carbonyl (C=O) groups excluding carboxylic acids is 1. The van der Waals surface area contributed by atoms with Crippen molar-refractivity contribution in [3.63, 3.8) is 0 Å². The van der Waals surface area contributed by atoms with Crippen molar-refractivity contribution >= 4 is 67.8 Å². The Kier molecular flexibility index (Phi) is 5.73. The maximum Gasteiger partial charge on any atom is 0.376 e. The molecule has 0 saturated heterocycles. The number of ketones is 1. The second kappa shape index (κ2) is 7.44. The quantitative estimate of drug-likeness (QED) is 0.373. The van der Waals surface area contributed by atoms with Crippen molar-refractivity contribution in [2.24, 2.45) is 0 Å². The monoisotopic (exact) mass is 421 g/mol. The molecule has 25 heavy (non-hydrogen) atoms. The van der Waals surface area contributed by atoms with Gasteiger partial charge in [0, 0.05) is 17.3 Å². The highest BCUT2D eigenvalue weighted by molar-refractivity contribution is 7.93. The number of sulfonamides is 1. The molecule has 1 aromatic heterocycles. The van der Waals surface area contributed by atoms with Crippen LogP contribution in [0.4, 0.5) is 5.69 Å². The fraction of sp³-hybridized carbons (Fsp3) is 0. The Morgan fingerprint density at radius 3 is 2.40 bits per heavy atom. The van der Waals surface area contributed by atoms with Gasteiger partial charge in [0.25, 0.3) is 15.8 Å². The van der Waals surface area contributed by atoms with Crippen LogP contribution >= 0.6 is 34.5 Å². The van der Waals surface area contributed by atoms with Gasteiger partial charge in [0.1, 0.15) is 15.0 Å². The van der Waals surface area contributed by atoms with Crippen LogP contribution in [0.15, 0.2) is 41.3 Å². The van der Waals surface area contributed by atoms with Crippen molar-refractivity contribution in [1.29, 1.82) is 0 Å². The van der Waals surface area contributed by atoms with E-state index in [2.05, 4.69) is 4.72 Å². The molecule has 11 heteroatoms. The van der Waals surface area contributed by atoms with E-state index >= 15 is 0 Å². The highest BCUT2D eigenvalue weighted by atomic mass is 35.5. The maximum atomic E-state index is 12.3. The highest BCUT2D eigenvalue weighted by Gasteiger charge is 2.21. The fourth-order valence-electron chi connectivity index (χ4n) is 1.73.